The molecule has 0 aromatic rings. The molecule has 20 heteroatoms. The summed E-state index contributed by atoms with van der Waals surface area (Å²) >= 11 is 0. The fourth-order valence-electron chi connectivity index (χ4n) is 2.72. The quantitative estimate of drug-likeness (QED) is 0.327. The highest BCUT2D eigenvalue weighted by Crippen LogP contribution is 2.48. The van der Waals surface area contributed by atoms with Crippen molar-refractivity contribution in [1.29, 1.82) is 0 Å². The van der Waals surface area contributed by atoms with Gasteiger partial charge in [0, 0.05) is 6.42 Å². The zero-order valence-electron chi connectivity index (χ0n) is 15.1. The van der Waals surface area contributed by atoms with E-state index in [1.54, 1.807) is 0 Å². The van der Waals surface area contributed by atoms with Gasteiger partial charge in [-0.15, -0.1) is 4.90 Å². The molecule has 0 saturated carbocycles. The molecular formula is C13H10F17NO2. The molecular weight excluding hydrogens is 525 g/mol. The zero-order chi connectivity index (χ0) is 26.4. The van der Waals surface area contributed by atoms with Crippen LogP contribution >= 0.6 is 0 Å². The van der Waals surface area contributed by atoms with E-state index < -0.39 is 85.8 Å². The van der Waals surface area contributed by atoms with Gasteiger partial charge in [0.2, 0.25) is 0 Å². The Bertz CT molecular complexity index is 637. The summed E-state index contributed by atoms with van der Waals surface area (Å²) in [5.41, 5.74) is 0. The summed E-state index contributed by atoms with van der Waals surface area (Å²) in [6.45, 7) is -3.24. The van der Waals surface area contributed by atoms with Crippen molar-refractivity contribution in [2.75, 3.05) is 13.2 Å². The average Bonchev–Trinajstić information content (AvgIpc) is 2.54. The highest BCUT2D eigenvalue weighted by atomic mass is 19.4. The third-order valence-electron chi connectivity index (χ3n) is 4.00. The molecule has 1 heterocycles. The number of alkyl halides is 17. The maximum absolute atomic E-state index is 14.3. The summed E-state index contributed by atoms with van der Waals surface area (Å²) in [4.78, 5) is -3.50. The molecule has 0 radical (unpaired) electrons. The van der Waals surface area contributed by atoms with E-state index in [0.717, 1.165) is 0 Å². The predicted molar refractivity (Wildman–Crippen MR) is 68.7 cm³/mol. The van der Waals surface area contributed by atoms with E-state index in [9.17, 15) is 74.6 Å². The highest BCUT2D eigenvalue weighted by Gasteiger charge is 2.73. The smallest absolute Gasteiger partial charge is 0.376 e. The van der Waals surface area contributed by atoms with Gasteiger partial charge < -0.3 is 9.47 Å². The molecule has 1 fully saturated rings. The fraction of sp³-hybridized carbons (Fsp3) is 1.00. The van der Waals surface area contributed by atoms with E-state index in [0.29, 0.717) is 0 Å². The maximum Gasteiger partial charge on any atom is 0.467 e. The lowest BCUT2D eigenvalue weighted by Crippen LogP contribution is -2.69. The van der Waals surface area contributed by atoms with Crippen molar-refractivity contribution in [3.8, 4) is 0 Å². The zero-order valence-corrected chi connectivity index (χ0v) is 15.1. The van der Waals surface area contributed by atoms with Crippen molar-refractivity contribution in [2.24, 2.45) is 0 Å². The fourth-order valence-corrected chi connectivity index (χ4v) is 2.72. The molecule has 4 unspecified atom stereocenters. The second-order valence-electron chi connectivity index (χ2n) is 6.58. The lowest BCUT2D eigenvalue weighted by atomic mass is 10.00. The Hall–Kier alpha value is -1.31. The van der Waals surface area contributed by atoms with Gasteiger partial charge in [0.1, 0.15) is 6.10 Å². The van der Waals surface area contributed by atoms with Gasteiger partial charge in [0.15, 0.2) is 6.04 Å². The number of hydrogen-bond acceptors (Lipinski definition) is 3. The molecule has 1 aliphatic heterocycles. The Kier molecular flexibility index (Phi) is 8.15. The minimum absolute atomic E-state index is 1.37. The van der Waals surface area contributed by atoms with Crippen molar-refractivity contribution in [3.63, 3.8) is 0 Å². The second-order valence-corrected chi connectivity index (χ2v) is 6.58. The minimum atomic E-state index is -7.09. The molecule has 3 nitrogen and oxygen atoms in total. The first-order valence-corrected chi connectivity index (χ1v) is 8.02. The van der Waals surface area contributed by atoms with Crippen LogP contribution in [0.1, 0.15) is 6.42 Å². The maximum atomic E-state index is 14.3. The van der Waals surface area contributed by atoms with Crippen LogP contribution in [0.25, 0.3) is 0 Å². The van der Waals surface area contributed by atoms with E-state index in [-0.39, 0.29) is 0 Å². The number of rotatable bonds is 6. The Balaban J connectivity index is 3.30. The van der Waals surface area contributed by atoms with Crippen LogP contribution in [0.3, 0.4) is 0 Å². The summed E-state index contributed by atoms with van der Waals surface area (Å²) in [7, 11) is 0. The van der Waals surface area contributed by atoms with Crippen molar-refractivity contribution in [2.45, 2.75) is 67.6 Å². The summed E-state index contributed by atoms with van der Waals surface area (Å²) < 4.78 is 228. The Morgan fingerprint density at radius 1 is 0.697 bits per heavy atom. The third kappa shape index (κ3) is 7.09. The molecule has 1 aliphatic rings. The lowest BCUT2D eigenvalue weighted by molar-refractivity contribution is -0.433. The molecule has 0 bridgehead atoms. The van der Waals surface area contributed by atoms with Crippen LogP contribution in [0.15, 0.2) is 0 Å². The Labute approximate surface area is 171 Å². The van der Waals surface area contributed by atoms with Gasteiger partial charge in [-0.05, 0) is 0 Å². The van der Waals surface area contributed by atoms with Crippen LogP contribution in [-0.4, -0.2) is 79.3 Å². The normalized spacial score (nSPS) is 24.2. The molecule has 0 N–H and O–H groups in total. The van der Waals surface area contributed by atoms with Crippen LogP contribution in [0.2, 0.25) is 0 Å². The van der Waals surface area contributed by atoms with Gasteiger partial charge in [0.05, 0.1) is 19.3 Å². The summed E-state index contributed by atoms with van der Waals surface area (Å²) in [6, 6.07) is -5.71. The van der Waals surface area contributed by atoms with Gasteiger partial charge in [-0.1, -0.05) is 0 Å². The molecule has 0 aromatic carbocycles. The summed E-state index contributed by atoms with van der Waals surface area (Å²) in [5.74, 6) is -11.6. The predicted octanol–water partition coefficient (Wildman–Crippen LogP) is 5.60. The van der Waals surface area contributed by atoms with Gasteiger partial charge >= 0.3 is 30.9 Å². The van der Waals surface area contributed by atoms with E-state index in [1.807, 2.05) is 0 Å². The molecule has 1 saturated heterocycles. The number of halogens is 17. The van der Waals surface area contributed by atoms with Gasteiger partial charge in [-0.3, -0.25) is 0 Å². The first-order valence-electron chi connectivity index (χ1n) is 8.02. The summed E-state index contributed by atoms with van der Waals surface area (Å²) in [5, 5.41) is 0. The first-order chi connectivity index (χ1) is 14.3. The topological polar surface area (TPSA) is 21.7 Å². The number of nitrogens with zero attached hydrogens (tertiary/aromatic N) is 1. The van der Waals surface area contributed by atoms with Crippen LogP contribution in [0, 0.1) is 0 Å². The number of ether oxygens (including phenoxy) is 2. The minimum Gasteiger partial charge on any atom is -0.376 e. The Morgan fingerprint density at radius 3 is 1.52 bits per heavy atom. The molecule has 33 heavy (non-hydrogen) atoms. The number of hydrogen-bond donors (Lipinski definition) is 0. The molecule has 0 aliphatic carbocycles. The molecule has 1 rings (SSSR count). The molecule has 0 aromatic heterocycles. The van der Waals surface area contributed by atoms with Gasteiger partial charge in [0.25, 0.3) is 12.1 Å². The summed E-state index contributed by atoms with van der Waals surface area (Å²) in [6.07, 6.45) is -41.2. The second kappa shape index (κ2) is 9.04. The van der Waals surface area contributed by atoms with Crippen molar-refractivity contribution < 1.29 is 84.1 Å². The molecule has 198 valence electrons. The highest BCUT2D eigenvalue weighted by molar-refractivity contribution is 4.99. The van der Waals surface area contributed by atoms with E-state index in [1.165, 1.54) is 0 Å². The van der Waals surface area contributed by atoms with Crippen molar-refractivity contribution in [1.82, 2.24) is 4.90 Å². The van der Waals surface area contributed by atoms with Crippen LogP contribution in [0.4, 0.5) is 74.6 Å². The lowest BCUT2D eigenvalue weighted by Gasteiger charge is -2.43. The molecule has 0 spiro atoms. The SMILES string of the molecule is FC(C(F)(F)F)C(F)(F)CC1COCC(C(F)(F)C(N(C(F)(F)F)C(F)(F)F)C(F)(F)F)O1. The Morgan fingerprint density at radius 2 is 1.15 bits per heavy atom. The van der Waals surface area contributed by atoms with Gasteiger partial charge in [-0.2, -0.15) is 52.7 Å². The van der Waals surface area contributed by atoms with Crippen LogP contribution in [-0.2, 0) is 9.47 Å². The van der Waals surface area contributed by atoms with Gasteiger partial charge in [-0.25, -0.2) is 22.0 Å². The largest absolute Gasteiger partial charge is 0.467 e. The van der Waals surface area contributed by atoms with E-state index in [2.05, 4.69) is 9.47 Å². The van der Waals surface area contributed by atoms with E-state index in [4.69, 9.17) is 0 Å². The van der Waals surface area contributed by atoms with Crippen LogP contribution < -0.4 is 0 Å². The first kappa shape index (κ1) is 29.7. The molecule has 0 amide bonds. The van der Waals surface area contributed by atoms with E-state index >= 15 is 0 Å². The average molecular weight is 535 g/mol. The molecule has 4 atom stereocenters. The monoisotopic (exact) mass is 535 g/mol. The van der Waals surface area contributed by atoms with Crippen molar-refractivity contribution in [3.05, 3.63) is 0 Å². The van der Waals surface area contributed by atoms with Crippen molar-refractivity contribution >= 4 is 0 Å². The third-order valence-corrected chi connectivity index (χ3v) is 4.00. The van der Waals surface area contributed by atoms with Crippen LogP contribution in [0.5, 0.6) is 0 Å². The standard InChI is InChI=1S/C13H10F17NO2/c14-6(10(19,20)21)8(15,16)1-4-2-32-3-5(33-4)9(17,18)7(11(22,23)24)31(12(25,26)27)13(28,29)30/h4-7H,1-3H2.